The molecule has 0 radical (unpaired) electrons. The van der Waals surface area contributed by atoms with Crippen molar-refractivity contribution >= 4 is 23.0 Å². The summed E-state index contributed by atoms with van der Waals surface area (Å²) in [5.41, 5.74) is 4.84. The molecule has 0 aliphatic heterocycles. The molecule has 1 amide bonds. The second kappa shape index (κ2) is 5.73. The van der Waals surface area contributed by atoms with E-state index in [2.05, 4.69) is 10.5 Å². The van der Waals surface area contributed by atoms with E-state index in [1.54, 1.807) is 24.3 Å². The van der Waals surface area contributed by atoms with Crippen molar-refractivity contribution in [1.29, 1.82) is 0 Å². The molecule has 0 spiro atoms. The average Bonchev–Trinajstić information content (AvgIpc) is 2.87. The molecule has 5 nitrogen and oxygen atoms in total. The summed E-state index contributed by atoms with van der Waals surface area (Å²) in [4.78, 5) is 12.2. The number of amides is 1. The van der Waals surface area contributed by atoms with Gasteiger partial charge < -0.3 is 9.67 Å². The zero-order valence-electron chi connectivity index (χ0n) is 12.0. The highest BCUT2D eigenvalue weighted by Gasteiger charge is 2.11. The number of aryl methyl sites for hydroxylation is 1. The van der Waals surface area contributed by atoms with Gasteiger partial charge in [0.2, 0.25) is 0 Å². The van der Waals surface area contributed by atoms with Gasteiger partial charge in [0, 0.05) is 18.0 Å². The van der Waals surface area contributed by atoms with Crippen molar-refractivity contribution in [2.24, 2.45) is 12.1 Å². The molecule has 110 valence electrons. The molecule has 0 saturated heterocycles. The molecule has 3 rings (SSSR count). The molecule has 2 aromatic carbocycles. The smallest absolute Gasteiger partial charge is 0.287 e. The number of fused-ring (bicyclic) bond motifs is 1. The topological polar surface area (TPSA) is 66.6 Å². The number of para-hydroxylation sites is 1. The molecule has 0 fully saturated rings. The lowest BCUT2D eigenvalue weighted by atomic mass is 10.2. The van der Waals surface area contributed by atoms with Gasteiger partial charge in [-0.25, -0.2) is 5.43 Å². The maximum atomic E-state index is 12.2. The quantitative estimate of drug-likeness (QED) is 0.576. The van der Waals surface area contributed by atoms with Crippen molar-refractivity contribution < 1.29 is 9.90 Å². The summed E-state index contributed by atoms with van der Waals surface area (Å²) in [5.74, 6) is -0.0783. The van der Waals surface area contributed by atoms with Crippen LogP contribution in [0, 0.1) is 0 Å². The van der Waals surface area contributed by atoms with Gasteiger partial charge in [0.25, 0.3) is 5.91 Å². The molecule has 0 aliphatic carbocycles. The molecule has 0 saturated carbocycles. The van der Waals surface area contributed by atoms with Gasteiger partial charge >= 0.3 is 0 Å². The fourth-order valence-corrected chi connectivity index (χ4v) is 2.29. The molecule has 3 aromatic rings. The van der Waals surface area contributed by atoms with Crippen molar-refractivity contribution in [2.45, 2.75) is 0 Å². The van der Waals surface area contributed by atoms with Gasteiger partial charge in [-0.3, -0.25) is 4.79 Å². The number of hydrogen-bond acceptors (Lipinski definition) is 3. The number of hydrogen-bond donors (Lipinski definition) is 2. The van der Waals surface area contributed by atoms with Crippen LogP contribution in [0.15, 0.2) is 59.7 Å². The second-order valence-electron chi connectivity index (χ2n) is 4.94. The summed E-state index contributed by atoms with van der Waals surface area (Å²) >= 11 is 0. The number of phenolic OH excluding ortho intramolecular Hbond substituents is 1. The Balaban J connectivity index is 1.76. The first-order chi connectivity index (χ1) is 10.6. The third kappa shape index (κ3) is 2.69. The third-order valence-electron chi connectivity index (χ3n) is 3.46. The SMILES string of the molecule is Cn1c(C(=O)N/N=C/c2ccc(O)cc2)cc2ccccc21. The molecule has 1 aromatic heterocycles. The van der Waals surface area contributed by atoms with Crippen LogP contribution in [-0.4, -0.2) is 21.8 Å². The number of benzene rings is 2. The van der Waals surface area contributed by atoms with Crippen molar-refractivity contribution in [3.63, 3.8) is 0 Å². The minimum Gasteiger partial charge on any atom is -0.508 e. The van der Waals surface area contributed by atoms with E-state index in [1.807, 2.05) is 41.9 Å². The monoisotopic (exact) mass is 293 g/mol. The van der Waals surface area contributed by atoms with Gasteiger partial charge in [-0.05, 0) is 42.0 Å². The minimum atomic E-state index is -0.270. The highest BCUT2D eigenvalue weighted by Crippen LogP contribution is 2.18. The molecular formula is C17H15N3O2. The maximum Gasteiger partial charge on any atom is 0.287 e. The number of nitrogens with zero attached hydrogens (tertiary/aromatic N) is 2. The molecule has 0 bridgehead atoms. The van der Waals surface area contributed by atoms with Crippen molar-refractivity contribution in [1.82, 2.24) is 9.99 Å². The predicted molar refractivity (Wildman–Crippen MR) is 86.1 cm³/mol. The molecule has 2 N–H and O–H groups in total. The number of phenols is 1. The van der Waals surface area contributed by atoms with Gasteiger partial charge in [-0.1, -0.05) is 18.2 Å². The van der Waals surface area contributed by atoms with E-state index >= 15 is 0 Å². The minimum absolute atomic E-state index is 0.191. The van der Waals surface area contributed by atoms with Gasteiger partial charge in [0.05, 0.1) is 6.21 Å². The number of carbonyl (C=O) groups is 1. The van der Waals surface area contributed by atoms with E-state index < -0.39 is 0 Å². The lowest BCUT2D eigenvalue weighted by molar-refractivity contribution is 0.0947. The summed E-state index contributed by atoms with van der Waals surface area (Å²) in [6, 6.07) is 16.2. The lowest BCUT2D eigenvalue weighted by Crippen LogP contribution is -2.20. The van der Waals surface area contributed by atoms with Crippen LogP contribution in [-0.2, 0) is 7.05 Å². The third-order valence-corrected chi connectivity index (χ3v) is 3.46. The second-order valence-corrected chi connectivity index (χ2v) is 4.94. The van der Waals surface area contributed by atoms with Crippen LogP contribution in [0.2, 0.25) is 0 Å². The van der Waals surface area contributed by atoms with Gasteiger partial charge in [0.15, 0.2) is 0 Å². The van der Waals surface area contributed by atoms with E-state index in [0.717, 1.165) is 16.5 Å². The van der Waals surface area contributed by atoms with Gasteiger partial charge in [0.1, 0.15) is 11.4 Å². The molecule has 22 heavy (non-hydrogen) atoms. The maximum absolute atomic E-state index is 12.2. The Morgan fingerprint density at radius 2 is 1.91 bits per heavy atom. The van der Waals surface area contributed by atoms with Crippen molar-refractivity contribution in [3.05, 3.63) is 65.9 Å². The zero-order valence-corrected chi connectivity index (χ0v) is 12.0. The molecule has 0 atom stereocenters. The number of hydrazone groups is 1. The van der Waals surface area contributed by atoms with E-state index in [0.29, 0.717) is 5.69 Å². The number of rotatable bonds is 3. The number of aromatic nitrogens is 1. The summed E-state index contributed by atoms with van der Waals surface area (Å²) < 4.78 is 1.83. The number of nitrogens with one attached hydrogen (secondary N) is 1. The fourth-order valence-electron chi connectivity index (χ4n) is 2.29. The highest BCUT2D eigenvalue weighted by atomic mass is 16.3. The average molecular weight is 293 g/mol. The van der Waals surface area contributed by atoms with Crippen LogP contribution in [0.5, 0.6) is 5.75 Å². The van der Waals surface area contributed by atoms with Crippen molar-refractivity contribution in [2.75, 3.05) is 0 Å². The Morgan fingerprint density at radius 1 is 1.18 bits per heavy atom. The molecule has 0 aliphatic rings. The standard InChI is InChI=1S/C17H15N3O2/c1-20-15-5-3-2-4-13(15)10-16(20)17(22)19-18-11-12-6-8-14(21)9-7-12/h2-11,21H,1H3,(H,19,22)/b18-11+. The Hall–Kier alpha value is -3.08. The fraction of sp³-hybridized carbons (Fsp3) is 0.0588. The largest absolute Gasteiger partial charge is 0.508 e. The molecule has 5 heteroatoms. The van der Waals surface area contributed by atoms with Gasteiger partial charge in [-0.2, -0.15) is 5.10 Å². The zero-order chi connectivity index (χ0) is 15.5. The molecular weight excluding hydrogens is 278 g/mol. The van der Waals surface area contributed by atoms with Crippen molar-refractivity contribution in [3.8, 4) is 5.75 Å². The Bertz CT molecular complexity index is 848. The molecule has 0 unspecified atom stereocenters. The first-order valence-electron chi connectivity index (χ1n) is 6.82. The highest BCUT2D eigenvalue weighted by molar-refractivity contribution is 5.99. The van der Waals surface area contributed by atoms with E-state index in [4.69, 9.17) is 0 Å². The lowest BCUT2D eigenvalue weighted by Gasteiger charge is -2.02. The Kier molecular flexibility index (Phi) is 3.62. The normalized spacial score (nSPS) is 11.1. The van der Waals surface area contributed by atoms with Crippen LogP contribution in [0.25, 0.3) is 10.9 Å². The Morgan fingerprint density at radius 3 is 2.64 bits per heavy atom. The summed E-state index contributed by atoms with van der Waals surface area (Å²) in [6.45, 7) is 0. The first kappa shape index (κ1) is 13.9. The Labute approximate surface area is 127 Å². The number of aromatic hydroxyl groups is 1. The summed E-state index contributed by atoms with van der Waals surface area (Å²) in [5, 5.41) is 14.2. The van der Waals surface area contributed by atoms with E-state index in [-0.39, 0.29) is 11.7 Å². The van der Waals surface area contributed by atoms with E-state index in [9.17, 15) is 9.90 Å². The van der Waals surface area contributed by atoms with E-state index in [1.165, 1.54) is 6.21 Å². The summed E-state index contributed by atoms with van der Waals surface area (Å²) in [6.07, 6.45) is 1.53. The predicted octanol–water partition coefficient (Wildman–Crippen LogP) is 2.65. The first-order valence-corrected chi connectivity index (χ1v) is 6.82. The molecule has 1 heterocycles. The van der Waals surface area contributed by atoms with Crippen LogP contribution < -0.4 is 5.43 Å². The van der Waals surface area contributed by atoms with Crippen LogP contribution in [0.1, 0.15) is 16.1 Å². The van der Waals surface area contributed by atoms with Gasteiger partial charge in [-0.15, -0.1) is 0 Å². The van der Waals surface area contributed by atoms with Crippen LogP contribution in [0.3, 0.4) is 0 Å². The van der Waals surface area contributed by atoms with Crippen LogP contribution in [0.4, 0.5) is 0 Å². The summed E-state index contributed by atoms with van der Waals surface area (Å²) in [7, 11) is 1.85. The van der Waals surface area contributed by atoms with Crippen LogP contribution >= 0.6 is 0 Å². The number of carbonyl (C=O) groups excluding carboxylic acids is 1.